The average molecular weight is 340 g/mol. The summed E-state index contributed by atoms with van der Waals surface area (Å²) < 4.78 is 0. The maximum Gasteiger partial charge on any atom is 0.226 e. The van der Waals surface area contributed by atoms with Gasteiger partial charge in [-0.2, -0.15) is 5.26 Å². The van der Waals surface area contributed by atoms with Crippen molar-refractivity contribution in [2.24, 2.45) is 5.92 Å². The molecule has 3 rings (SSSR count). The topological polar surface area (TPSA) is 57.0 Å². The van der Waals surface area contributed by atoms with Gasteiger partial charge in [0.05, 0.1) is 12.5 Å². The van der Waals surface area contributed by atoms with Crippen LogP contribution in [0.4, 0.5) is 0 Å². The van der Waals surface area contributed by atoms with E-state index < -0.39 is 0 Å². The van der Waals surface area contributed by atoms with Crippen molar-refractivity contribution >= 4 is 17.5 Å². The fourth-order valence-corrected chi connectivity index (χ4v) is 3.26. The molecule has 0 radical (unpaired) electrons. The minimum absolute atomic E-state index is 0.0414. The Kier molecular flexibility index (Phi) is 5.12. The molecule has 1 saturated carbocycles. The van der Waals surface area contributed by atoms with E-state index in [4.69, 9.17) is 16.9 Å². The third kappa shape index (κ3) is 3.74. The van der Waals surface area contributed by atoms with Crippen molar-refractivity contribution in [3.8, 4) is 6.07 Å². The summed E-state index contributed by atoms with van der Waals surface area (Å²) in [5, 5.41) is 9.58. The van der Waals surface area contributed by atoms with E-state index in [9.17, 15) is 4.79 Å². The van der Waals surface area contributed by atoms with Crippen LogP contribution in [0.2, 0.25) is 5.02 Å². The molecule has 1 fully saturated rings. The highest BCUT2D eigenvalue weighted by atomic mass is 35.5. The van der Waals surface area contributed by atoms with E-state index in [2.05, 4.69) is 11.1 Å². The van der Waals surface area contributed by atoms with Gasteiger partial charge in [0.2, 0.25) is 5.91 Å². The zero-order chi connectivity index (χ0) is 16.9. The van der Waals surface area contributed by atoms with Crippen LogP contribution in [0.15, 0.2) is 48.8 Å². The number of carbonyl (C=O) groups excluding carboxylic acids is 1. The summed E-state index contributed by atoms with van der Waals surface area (Å²) in [5.41, 5.74) is 2.01. The molecule has 1 aliphatic rings. The number of rotatable bonds is 6. The number of benzene rings is 1. The lowest BCUT2D eigenvalue weighted by molar-refractivity contribution is -0.133. The predicted octanol–water partition coefficient (Wildman–Crippen LogP) is 3.78. The number of hydrogen-bond acceptors (Lipinski definition) is 3. The zero-order valence-corrected chi connectivity index (χ0v) is 14.0. The van der Waals surface area contributed by atoms with Gasteiger partial charge in [-0.15, -0.1) is 0 Å². The second-order valence-electron chi connectivity index (χ2n) is 6.00. The smallest absolute Gasteiger partial charge is 0.226 e. The Morgan fingerprint density at radius 3 is 2.88 bits per heavy atom. The molecule has 1 aliphatic carbocycles. The first-order chi connectivity index (χ1) is 11.7. The minimum atomic E-state index is -0.0414. The van der Waals surface area contributed by atoms with E-state index in [1.807, 2.05) is 36.4 Å². The average Bonchev–Trinajstić information content (AvgIpc) is 3.40. The van der Waals surface area contributed by atoms with Crippen LogP contribution in [0.5, 0.6) is 0 Å². The van der Waals surface area contributed by atoms with Crippen LogP contribution < -0.4 is 0 Å². The molecule has 2 unspecified atom stereocenters. The lowest BCUT2D eigenvalue weighted by Crippen LogP contribution is -2.33. The molecule has 4 nitrogen and oxygen atoms in total. The highest BCUT2D eigenvalue weighted by molar-refractivity contribution is 6.31. The minimum Gasteiger partial charge on any atom is -0.337 e. The van der Waals surface area contributed by atoms with E-state index in [1.165, 1.54) is 0 Å². The van der Waals surface area contributed by atoms with Crippen LogP contribution >= 0.6 is 11.6 Å². The quantitative estimate of drug-likeness (QED) is 0.804. The molecule has 0 bridgehead atoms. The van der Waals surface area contributed by atoms with Crippen LogP contribution in [0.1, 0.15) is 29.9 Å². The van der Waals surface area contributed by atoms with Crippen LogP contribution in [0, 0.1) is 17.2 Å². The fraction of sp³-hybridized carbons (Fsp3) is 0.316. The number of nitriles is 1. The van der Waals surface area contributed by atoms with Gasteiger partial charge in [-0.1, -0.05) is 35.9 Å². The van der Waals surface area contributed by atoms with E-state index in [0.717, 1.165) is 17.5 Å². The first kappa shape index (κ1) is 16.5. The number of nitrogens with zero attached hydrogens (tertiary/aromatic N) is 3. The van der Waals surface area contributed by atoms with Crippen LogP contribution in [0.3, 0.4) is 0 Å². The molecular weight excluding hydrogens is 322 g/mol. The Balaban J connectivity index is 1.71. The molecule has 0 N–H and O–H groups in total. The Bertz CT molecular complexity index is 757. The van der Waals surface area contributed by atoms with Gasteiger partial charge in [0, 0.05) is 36.4 Å². The van der Waals surface area contributed by atoms with Gasteiger partial charge in [-0.25, -0.2) is 0 Å². The summed E-state index contributed by atoms with van der Waals surface area (Å²) in [4.78, 5) is 18.7. The first-order valence-electron chi connectivity index (χ1n) is 7.99. The van der Waals surface area contributed by atoms with Crippen molar-refractivity contribution in [3.05, 3.63) is 64.9 Å². The molecule has 0 spiro atoms. The van der Waals surface area contributed by atoms with Gasteiger partial charge < -0.3 is 4.90 Å². The Morgan fingerprint density at radius 2 is 2.17 bits per heavy atom. The largest absolute Gasteiger partial charge is 0.337 e. The maximum absolute atomic E-state index is 12.9. The third-order valence-electron chi connectivity index (χ3n) is 4.31. The van der Waals surface area contributed by atoms with Crippen molar-refractivity contribution in [2.45, 2.75) is 25.3 Å². The second kappa shape index (κ2) is 7.46. The van der Waals surface area contributed by atoms with Gasteiger partial charge in [0.25, 0.3) is 0 Å². The molecule has 1 aromatic heterocycles. The zero-order valence-electron chi connectivity index (χ0n) is 13.2. The Hall–Kier alpha value is -2.38. The molecular formula is C19H18ClN3O. The summed E-state index contributed by atoms with van der Waals surface area (Å²) in [6.45, 7) is 0.927. The Morgan fingerprint density at radius 1 is 1.33 bits per heavy atom. The molecule has 2 aromatic rings. The van der Waals surface area contributed by atoms with E-state index in [-0.39, 0.29) is 17.7 Å². The number of pyridine rings is 1. The molecule has 122 valence electrons. The Labute approximate surface area is 146 Å². The first-order valence-corrected chi connectivity index (χ1v) is 8.37. The molecule has 0 aliphatic heterocycles. The van der Waals surface area contributed by atoms with Crippen LogP contribution in [-0.4, -0.2) is 22.3 Å². The molecule has 1 heterocycles. The van der Waals surface area contributed by atoms with Crippen molar-refractivity contribution in [1.29, 1.82) is 5.26 Å². The normalized spacial score (nSPS) is 18.7. The number of amides is 1. The molecule has 1 amide bonds. The summed E-state index contributed by atoms with van der Waals surface area (Å²) in [7, 11) is 0. The summed E-state index contributed by atoms with van der Waals surface area (Å²) in [6, 6.07) is 13.6. The highest BCUT2D eigenvalue weighted by Gasteiger charge is 2.46. The van der Waals surface area contributed by atoms with Gasteiger partial charge in [0.1, 0.15) is 0 Å². The van der Waals surface area contributed by atoms with Crippen molar-refractivity contribution in [1.82, 2.24) is 9.88 Å². The number of hydrogen-bond donors (Lipinski definition) is 0. The monoisotopic (exact) mass is 339 g/mol. The van der Waals surface area contributed by atoms with Gasteiger partial charge in [0.15, 0.2) is 0 Å². The predicted molar refractivity (Wildman–Crippen MR) is 92.2 cm³/mol. The maximum atomic E-state index is 12.9. The molecule has 5 heteroatoms. The molecule has 24 heavy (non-hydrogen) atoms. The third-order valence-corrected chi connectivity index (χ3v) is 4.66. The lowest BCUT2D eigenvalue weighted by Gasteiger charge is -2.22. The van der Waals surface area contributed by atoms with Crippen molar-refractivity contribution in [2.75, 3.05) is 6.54 Å². The molecule has 2 atom stereocenters. The SMILES string of the molecule is N#CCCN(Cc1cccnc1)C(=O)C1CC1c1ccccc1Cl. The van der Waals surface area contributed by atoms with Gasteiger partial charge >= 0.3 is 0 Å². The van der Waals surface area contributed by atoms with E-state index in [1.54, 1.807) is 17.3 Å². The highest BCUT2D eigenvalue weighted by Crippen LogP contribution is 2.50. The number of halogens is 1. The molecule has 1 aromatic carbocycles. The van der Waals surface area contributed by atoms with Crippen LogP contribution in [-0.2, 0) is 11.3 Å². The van der Waals surface area contributed by atoms with Crippen molar-refractivity contribution in [3.63, 3.8) is 0 Å². The van der Waals surface area contributed by atoms with E-state index >= 15 is 0 Å². The van der Waals surface area contributed by atoms with Gasteiger partial charge in [-0.05, 0) is 35.6 Å². The van der Waals surface area contributed by atoms with Crippen molar-refractivity contribution < 1.29 is 4.79 Å². The fourth-order valence-electron chi connectivity index (χ4n) is 2.99. The standard InChI is InChI=1S/C19H18ClN3O/c20-18-7-2-1-6-15(18)16-11-17(16)19(24)23(10-4-8-21)13-14-5-3-9-22-12-14/h1-3,5-7,9,12,16-17H,4,10-11,13H2. The second-order valence-corrected chi connectivity index (χ2v) is 6.41. The molecule has 0 saturated heterocycles. The van der Waals surface area contributed by atoms with E-state index in [0.29, 0.717) is 24.5 Å². The summed E-state index contributed by atoms with van der Waals surface area (Å²) >= 11 is 6.25. The summed E-state index contributed by atoms with van der Waals surface area (Å²) in [5.74, 6) is 0.240. The van der Waals surface area contributed by atoms with Crippen LogP contribution in [0.25, 0.3) is 0 Å². The number of carbonyl (C=O) groups is 1. The summed E-state index contributed by atoms with van der Waals surface area (Å²) in [6.07, 6.45) is 4.61. The lowest BCUT2D eigenvalue weighted by atomic mass is 10.1. The van der Waals surface area contributed by atoms with Gasteiger partial charge in [-0.3, -0.25) is 9.78 Å². The number of aromatic nitrogens is 1.